The van der Waals surface area contributed by atoms with Gasteiger partial charge in [-0.15, -0.1) is 92.2 Å². The van der Waals surface area contributed by atoms with Gasteiger partial charge in [0.05, 0.1) is 0 Å². The second kappa shape index (κ2) is 14.4. The second-order valence-electron chi connectivity index (χ2n) is 10.6. The van der Waals surface area contributed by atoms with Gasteiger partial charge in [-0.2, -0.15) is 35.0 Å². The summed E-state index contributed by atoms with van der Waals surface area (Å²) < 4.78 is 57.2. The number of benzene rings is 4. The predicted octanol–water partition coefficient (Wildman–Crippen LogP) is 5.35. The number of hydrogen-bond acceptors (Lipinski definition) is 10. The maximum atomic E-state index is 14.0. The summed E-state index contributed by atoms with van der Waals surface area (Å²) in [6.07, 6.45) is 4.38. The van der Waals surface area contributed by atoms with Crippen LogP contribution in [0.4, 0.5) is 0 Å². The Kier molecular flexibility index (Phi) is 10.2. The van der Waals surface area contributed by atoms with E-state index in [1.54, 1.807) is 85.2 Å². The van der Waals surface area contributed by atoms with Gasteiger partial charge in [0, 0.05) is 12.4 Å². The van der Waals surface area contributed by atoms with Crippen molar-refractivity contribution in [3.63, 3.8) is 0 Å². The number of aromatic nitrogens is 7. The minimum atomic E-state index is -4.13. The molecule has 11 nitrogen and oxygen atoms in total. The largest absolute Gasteiger partial charge is 2.00 e. The Morgan fingerprint density at radius 3 is 1.37 bits per heavy atom. The van der Waals surface area contributed by atoms with Crippen LogP contribution in [-0.2, 0) is 61.8 Å². The number of pyridine rings is 2. The number of fused-ring (bicyclic) bond motifs is 3. The zero-order chi connectivity index (χ0) is 33.6. The first-order valence-electron chi connectivity index (χ1n) is 14.6. The van der Waals surface area contributed by atoms with Crippen molar-refractivity contribution in [3.05, 3.63) is 140 Å². The van der Waals surface area contributed by atoms with Gasteiger partial charge >= 0.3 is 42.1 Å². The molecule has 0 fully saturated rings. The fraction of sp³-hybridized carbons (Fsp3) is 0. The van der Waals surface area contributed by atoms with Crippen LogP contribution < -0.4 is 0 Å². The van der Waals surface area contributed by atoms with Gasteiger partial charge in [0.1, 0.15) is 0 Å². The smallest absolute Gasteiger partial charge is 0.326 e. The van der Waals surface area contributed by atoms with Crippen molar-refractivity contribution >= 4 is 41.5 Å². The van der Waals surface area contributed by atoms with E-state index in [-0.39, 0.29) is 78.7 Å². The Hall–Kier alpha value is -4.80. The van der Waals surface area contributed by atoms with Crippen molar-refractivity contribution < 1.29 is 59.0 Å². The van der Waals surface area contributed by atoms with Crippen molar-refractivity contribution in [2.45, 2.75) is 19.6 Å². The summed E-state index contributed by atoms with van der Waals surface area (Å²) in [5.41, 5.74) is 2.67. The third kappa shape index (κ3) is 6.58. The molecule has 0 radical (unpaired) electrons. The maximum Gasteiger partial charge on any atom is 2.00 e. The molecule has 4 aromatic heterocycles. The third-order valence-electron chi connectivity index (χ3n) is 7.71. The van der Waals surface area contributed by atoms with E-state index in [9.17, 15) is 16.8 Å². The van der Waals surface area contributed by atoms with E-state index in [4.69, 9.17) is 0 Å². The molecule has 51 heavy (non-hydrogen) atoms. The van der Waals surface area contributed by atoms with Crippen LogP contribution >= 0.6 is 0 Å². The van der Waals surface area contributed by atoms with Crippen LogP contribution in [0, 0.1) is 24.3 Å². The Morgan fingerprint density at radius 2 is 0.941 bits per heavy atom. The summed E-state index contributed by atoms with van der Waals surface area (Å²) in [5, 5.41) is 17.0. The van der Waals surface area contributed by atoms with Crippen LogP contribution in [0.2, 0.25) is 0 Å². The van der Waals surface area contributed by atoms with Crippen molar-refractivity contribution in [2.75, 3.05) is 0 Å². The normalized spacial score (nSPS) is 11.5. The van der Waals surface area contributed by atoms with Gasteiger partial charge in [0.2, 0.25) is 0 Å². The van der Waals surface area contributed by atoms with E-state index in [1.807, 2.05) is 0 Å². The summed E-state index contributed by atoms with van der Waals surface area (Å²) in [5.74, 6) is -0.0356. The average molecular weight is 1070 g/mol. The predicted molar refractivity (Wildman–Crippen MR) is 178 cm³/mol. The molecule has 0 saturated heterocycles. The molecule has 15 heteroatoms. The molecule has 4 aromatic carbocycles. The molecule has 0 aliphatic rings. The van der Waals surface area contributed by atoms with Crippen LogP contribution in [0.1, 0.15) is 0 Å². The first-order valence-corrected chi connectivity index (χ1v) is 17.6. The van der Waals surface area contributed by atoms with Gasteiger partial charge < -0.3 is 14.5 Å². The summed E-state index contributed by atoms with van der Waals surface area (Å²) in [4.78, 5) is 8.16. The summed E-state index contributed by atoms with van der Waals surface area (Å²) in [6, 6.07) is 38.4. The van der Waals surface area contributed by atoms with Gasteiger partial charge in [-0.3, -0.25) is 0 Å². The fourth-order valence-corrected chi connectivity index (χ4v) is 7.85. The Bertz CT molecular complexity index is 2580. The van der Waals surface area contributed by atoms with E-state index in [1.165, 1.54) is 28.8 Å². The van der Waals surface area contributed by atoms with Crippen LogP contribution in [-0.4, -0.2) is 51.8 Å². The van der Waals surface area contributed by atoms with Crippen molar-refractivity contribution in [3.8, 4) is 28.5 Å². The Morgan fingerprint density at radius 1 is 0.490 bits per heavy atom. The molecule has 0 unspecified atom stereocenters. The average Bonchev–Trinajstić information content (AvgIpc) is 3.49. The van der Waals surface area contributed by atoms with E-state index >= 15 is 0 Å². The molecule has 8 aromatic rings. The molecule has 254 valence electrons. The van der Waals surface area contributed by atoms with E-state index in [0.29, 0.717) is 33.3 Å². The molecular weight excluding hydrogens is 1050 g/mol. The molecule has 0 aliphatic carbocycles. The number of hydrogen-bond donors (Lipinski definition) is 0. The molecule has 8 rings (SSSR count). The molecule has 0 N–H and O–H groups in total. The summed E-state index contributed by atoms with van der Waals surface area (Å²) in [7, 11) is -8.26. The van der Waals surface area contributed by atoms with Crippen LogP contribution in [0.5, 0.6) is 0 Å². The minimum absolute atomic E-state index is 0. The molecule has 0 amide bonds. The second-order valence-corrected chi connectivity index (χ2v) is 14.4. The molecule has 0 spiro atoms. The third-order valence-corrected chi connectivity index (χ3v) is 11.0. The number of rotatable bonds is 7. The zero-order valence-corrected chi connectivity index (χ0v) is 31.9. The topological polar surface area (TPSA) is 151 Å². The number of sulfone groups is 2. The van der Waals surface area contributed by atoms with Crippen LogP contribution in [0.15, 0.2) is 135 Å². The zero-order valence-electron chi connectivity index (χ0n) is 25.7. The van der Waals surface area contributed by atoms with E-state index in [0.717, 1.165) is 6.33 Å². The van der Waals surface area contributed by atoms with Gasteiger partial charge in [-0.1, -0.05) is 35.3 Å². The standard InChI is InChI=1S/C36H19N7O4S2.2Pt/c44-48(45,26-9-5-7-24(19-26)32-11-1-3-17-37-32)28-13-15-30-31-16-14-29(22-35(31)43(34(30)21-28)36-41-39-23-40-42-36)49(46,47)27-10-6-8-25(20-27)33-12-2-4-18-38-33;;/h1-18,23H;;/q-4;2*+2. The van der Waals surface area contributed by atoms with Crippen molar-refractivity contribution in [1.82, 2.24) is 34.9 Å². The molecule has 0 saturated carbocycles. The molecular formula is C36H19N7O4Pt2S2. The summed E-state index contributed by atoms with van der Waals surface area (Å²) >= 11 is 0. The molecule has 0 atom stereocenters. The number of nitrogens with zero attached hydrogens (tertiary/aromatic N) is 7. The maximum absolute atomic E-state index is 14.0. The van der Waals surface area contributed by atoms with Gasteiger partial charge in [-0.25, -0.2) is 16.8 Å². The van der Waals surface area contributed by atoms with Gasteiger partial charge in [0.25, 0.3) is 5.95 Å². The first kappa shape index (κ1) is 36.0. The minimum Gasteiger partial charge on any atom is -0.326 e. The quantitative estimate of drug-likeness (QED) is 0.191. The summed E-state index contributed by atoms with van der Waals surface area (Å²) in [6.45, 7) is 0. The molecule has 4 heterocycles. The van der Waals surface area contributed by atoms with Gasteiger partial charge in [0.15, 0.2) is 26.0 Å². The van der Waals surface area contributed by atoms with Crippen molar-refractivity contribution in [1.29, 1.82) is 0 Å². The SMILES string of the molecule is O=S(=O)(c1[c-]c(-c2ccccn2)ccc1)c1[c-]c2c(cc1)c1ccc(S(=O)(=O)c3[c-]c(-c4ccccn4)ccc3)[c-]c1n2-c1nncnn1.[Pt+2].[Pt+2]. The van der Waals surface area contributed by atoms with E-state index < -0.39 is 19.7 Å². The Labute approximate surface area is 321 Å². The fourth-order valence-electron chi connectivity index (χ4n) is 5.42. The monoisotopic (exact) mass is 1070 g/mol. The van der Waals surface area contributed by atoms with Crippen LogP contribution in [0.3, 0.4) is 0 Å². The van der Waals surface area contributed by atoms with Crippen molar-refractivity contribution in [2.24, 2.45) is 0 Å². The molecule has 0 bridgehead atoms. The molecule has 0 aliphatic heterocycles. The van der Waals surface area contributed by atoms with Gasteiger partial charge in [-0.05, 0) is 43.1 Å². The van der Waals surface area contributed by atoms with E-state index in [2.05, 4.69) is 54.6 Å². The van der Waals surface area contributed by atoms with Crippen LogP contribution in [0.25, 0.3) is 50.3 Å². The first-order chi connectivity index (χ1) is 23.8. The Balaban J connectivity index is 0.00000224.